The normalized spacial score (nSPS) is 10.8. The lowest BCUT2D eigenvalue weighted by molar-refractivity contribution is 0.0955. The van der Waals surface area contributed by atoms with Crippen LogP contribution in [0.2, 0.25) is 0 Å². The van der Waals surface area contributed by atoms with E-state index >= 15 is 0 Å². The minimum absolute atomic E-state index is 0.0826. The highest BCUT2D eigenvalue weighted by atomic mass is 19.1. The summed E-state index contributed by atoms with van der Waals surface area (Å²) >= 11 is 0. The Balaban J connectivity index is 2.03. The molecule has 2 aromatic carbocycles. The van der Waals surface area contributed by atoms with E-state index in [1.807, 2.05) is 19.9 Å². The molecule has 0 aromatic heterocycles. The first-order valence-corrected chi connectivity index (χ1v) is 7.72. The minimum Gasteiger partial charge on any atom is -0.507 e. The number of benzene rings is 2. The standard InChI is InChI=1S/C18H20FN3O2/c1-3-22(4-2)16-10-7-14(17(23)11-16)12-20-21-18(24)13-5-8-15(19)9-6-13/h5-12,23H,3-4H2,1-2H3,(H,21,24). The molecule has 5 nitrogen and oxygen atoms in total. The van der Waals surface area contributed by atoms with Crippen molar-refractivity contribution in [1.29, 1.82) is 0 Å². The number of carbonyl (C=O) groups excluding carboxylic acids is 1. The van der Waals surface area contributed by atoms with Crippen molar-refractivity contribution < 1.29 is 14.3 Å². The number of anilines is 1. The van der Waals surface area contributed by atoms with Crippen molar-refractivity contribution in [1.82, 2.24) is 5.43 Å². The van der Waals surface area contributed by atoms with E-state index in [9.17, 15) is 14.3 Å². The summed E-state index contributed by atoms with van der Waals surface area (Å²) < 4.78 is 12.8. The zero-order chi connectivity index (χ0) is 17.5. The van der Waals surface area contributed by atoms with Gasteiger partial charge in [0, 0.05) is 36.0 Å². The van der Waals surface area contributed by atoms with Gasteiger partial charge in [0.1, 0.15) is 11.6 Å². The summed E-state index contributed by atoms with van der Waals surface area (Å²) in [5, 5.41) is 13.9. The van der Waals surface area contributed by atoms with Gasteiger partial charge in [0.15, 0.2) is 0 Å². The maximum atomic E-state index is 12.8. The van der Waals surface area contributed by atoms with Gasteiger partial charge < -0.3 is 10.0 Å². The SMILES string of the molecule is CCN(CC)c1ccc(C=NNC(=O)c2ccc(F)cc2)c(O)c1. The van der Waals surface area contributed by atoms with Gasteiger partial charge in [0.2, 0.25) is 0 Å². The lowest BCUT2D eigenvalue weighted by Gasteiger charge is -2.21. The molecule has 2 rings (SSSR count). The third kappa shape index (κ3) is 4.32. The molecule has 0 spiro atoms. The zero-order valence-electron chi connectivity index (χ0n) is 13.7. The highest BCUT2D eigenvalue weighted by Gasteiger charge is 2.06. The highest BCUT2D eigenvalue weighted by molar-refractivity contribution is 5.95. The third-order valence-corrected chi connectivity index (χ3v) is 3.62. The van der Waals surface area contributed by atoms with Gasteiger partial charge in [0.05, 0.1) is 6.21 Å². The van der Waals surface area contributed by atoms with Crippen LogP contribution in [0.3, 0.4) is 0 Å². The van der Waals surface area contributed by atoms with Crippen molar-refractivity contribution in [2.75, 3.05) is 18.0 Å². The van der Waals surface area contributed by atoms with Crippen LogP contribution in [0.25, 0.3) is 0 Å². The number of amides is 1. The average molecular weight is 329 g/mol. The summed E-state index contributed by atoms with van der Waals surface area (Å²) in [4.78, 5) is 13.9. The van der Waals surface area contributed by atoms with Crippen molar-refractivity contribution >= 4 is 17.8 Å². The second-order valence-corrected chi connectivity index (χ2v) is 5.12. The predicted octanol–water partition coefficient (Wildman–Crippen LogP) is 3.14. The van der Waals surface area contributed by atoms with Crippen LogP contribution in [0.5, 0.6) is 5.75 Å². The first kappa shape index (κ1) is 17.5. The topological polar surface area (TPSA) is 64.9 Å². The van der Waals surface area contributed by atoms with Crippen LogP contribution in [0.4, 0.5) is 10.1 Å². The fourth-order valence-corrected chi connectivity index (χ4v) is 2.25. The average Bonchev–Trinajstić information content (AvgIpc) is 2.58. The number of phenolic OH excluding ortho intramolecular Hbond substituents is 1. The van der Waals surface area contributed by atoms with E-state index in [2.05, 4.69) is 15.4 Å². The van der Waals surface area contributed by atoms with E-state index in [1.54, 1.807) is 12.1 Å². The Morgan fingerprint density at radius 1 is 1.21 bits per heavy atom. The van der Waals surface area contributed by atoms with Gasteiger partial charge in [-0.3, -0.25) is 4.79 Å². The summed E-state index contributed by atoms with van der Waals surface area (Å²) in [6.07, 6.45) is 1.36. The molecule has 0 radical (unpaired) electrons. The molecule has 24 heavy (non-hydrogen) atoms. The van der Waals surface area contributed by atoms with Crippen LogP contribution in [0, 0.1) is 5.82 Å². The molecule has 0 saturated carbocycles. The van der Waals surface area contributed by atoms with Crippen molar-refractivity contribution in [3.8, 4) is 5.75 Å². The number of rotatable bonds is 6. The van der Waals surface area contributed by atoms with Crippen LogP contribution in [0.1, 0.15) is 29.8 Å². The molecule has 2 aromatic rings. The van der Waals surface area contributed by atoms with Crippen LogP contribution in [-0.2, 0) is 0 Å². The third-order valence-electron chi connectivity index (χ3n) is 3.62. The lowest BCUT2D eigenvalue weighted by Crippen LogP contribution is -2.21. The summed E-state index contributed by atoms with van der Waals surface area (Å²) in [5.41, 5.74) is 4.05. The molecular weight excluding hydrogens is 309 g/mol. The molecular formula is C18H20FN3O2. The molecule has 6 heteroatoms. The Morgan fingerprint density at radius 3 is 2.46 bits per heavy atom. The molecule has 0 heterocycles. The van der Waals surface area contributed by atoms with Gasteiger partial charge in [-0.1, -0.05) is 0 Å². The monoisotopic (exact) mass is 329 g/mol. The van der Waals surface area contributed by atoms with Crippen LogP contribution in [0.15, 0.2) is 47.6 Å². The summed E-state index contributed by atoms with van der Waals surface area (Å²) in [7, 11) is 0. The Bertz CT molecular complexity index is 726. The van der Waals surface area contributed by atoms with E-state index in [-0.39, 0.29) is 5.75 Å². The molecule has 2 N–H and O–H groups in total. The van der Waals surface area contributed by atoms with Crippen molar-refractivity contribution in [2.24, 2.45) is 5.10 Å². The number of halogens is 1. The maximum Gasteiger partial charge on any atom is 0.271 e. The fourth-order valence-electron chi connectivity index (χ4n) is 2.25. The van der Waals surface area contributed by atoms with E-state index in [0.717, 1.165) is 18.8 Å². The van der Waals surface area contributed by atoms with Crippen molar-refractivity contribution in [3.05, 3.63) is 59.4 Å². The van der Waals surface area contributed by atoms with Crippen LogP contribution >= 0.6 is 0 Å². The molecule has 0 fully saturated rings. The molecule has 0 saturated heterocycles. The molecule has 0 aliphatic carbocycles. The Morgan fingerprint density at radius 2 is 1.88 bits per heavy atom. The van der Waals surface area contributed by atoms with Gasteiger partial charge in [-0.15, -0.1) is 0 Å². The van der Waals surface area contributed by atoms with Crippen LogP contribution < -0.4 is 10.3 Å². The fraction of sp³-hybridized carbons (Fsp3) is 0.222. The van der Waals surface area contributed by atoms with Gasteiger partial charge in [-0.2, -0.15) is 5.10 Å². The van der Waals surface area contributed by atoms with Crippen molar-refractivity contribution in [2.45, 2.75) is 13.8 Å². The smallest absolute Gasteiger partial charge is 0.271 e. The number of phenols is 1. The molecule has 0 atom stereocenters. The van der Waals surface area contributed by atoms with Gasteiger partial charge in [-0.05, 0) is 50.2 Å². The van der Waals surface area contributed by atoms with Gasteiger partial charge in [0.25, 0.3) is 5.91 Å². The van der Waals surface area contributed by atoms with E-state index in [4.69, 9.17) is 0 Å². The largest absolute Gasteiger partial charge is 0.507 e. The minimum atomic E-state index is -0.453. The number of nitrogens with one attached hydrogen (secondary N) is 1. The van der Waals surface area contributed by atoms with E-state index in [0.29, 0.717) is 11.1 Å². The zero-order valence-corrected chi connectivity index (χ0v) is 13.7. The first-order valence-electron chi connectivity index (χ1n) is 7.72. The number of aromatic hydroxyl groups is 1. The summed E-state index contributed by atoms with van der Waals surface area (Å²) in [6.45, 7) is 5.77. The molecule has 126 valence electrons. The van der Waals surface area contributed by atoms with Gasteiger partial charge >= 0.3 is 0 Å². The lowest BCUT2D eigenvalue weighted by atomic mass is 10.2. The number of hydrazone groups is 1. The predicted molar refractivity (Wildman–Crippen MR) is 93.1 cm³/mol. The Kier molecular flexibility index (Phi) is 5.89. The quantitative estimate of drug-likeness (QED) is 0.632. The first-order chi connectivity index (χ1) is 11.5. The van der Waals surface area contributed by atoms with E-state index in [1.165, 1.54) is 30.5 Å². The molecule has 0 bridgehead atoms. The number of hydrogen-bond acceptors (Lipinski definition) is 4. The molecule has 0 unspecified atom stereocenters. The van der Waals surface area contributed by atoms with Gasteiger partial charge in [-0.25, -0.2) is 9.82 Å². The highest BCUT2D eigenvalue weighted by Crippen LogP contribution is 2.23. The second kappa shape index (κ2) is 8.10. The second-order valence-electron chi connectivity index (χ2n) is 5.12. The number of hydrogen-bond donors (Lipinski definition) is 2. The maximum absolute atomic E-state index is 12.8. The summed E-state index contributed by atoms with van der Waals surface area (Å²) in [5.74, 6) is -0.780. The Hall–Kier alpha value is -2.89. The number of nitrogens with zero attached hydrogens (tertiary/aromatic N) is 2. The number of carbonyl (C=O) groups is 1. The van der Waals surface area contributed by atoms with E-state index < -0.39 is 11.7 Å². The molecule has 1 amide bonds. The van der Waals surface area contributed by atoms with Crippen LogP contribution in [-0.4, -0.2) is 30.3 Å². The summed E-state index contributed by atoms with van der Waals surface area (Å²) in [6, 6.07) is 10.4. The molecule has 0 aliphatic rings. The van der Waals surface area contributed by atoms with Crippen molar-refractivity contribution in [3.63, 3.8) is 0 Å². The molecule has 0 aliphatic heterocycles. The Labute approximate surface area is 140 Å².